The SMILES string of the molecule is CC(C)[C@H](NC(=O)c1ccc2ccccc2n1)C(=O)N[C@@H](CCC(=O)O)C(=O)N[C@H](C(=O)N(CC[C@@H](C)CC(C)(C)C)C(=O)N[C@@H](CC(=O)O)C(=O)COc1c(F)cccc1F)C(C)C. The normalized spacial score (nSPS) is 13.8. The summed E-state index contributed by atoms with van der Waals surface area (Å²) in [6.07, 6.45) is -1.14. The molecule has 19 heteroatoms. The Morgan fingerprint density at radius 3 is 1.94 bits per heavy atom. The van der Waals surface area contributed by atoms with Crippen molar-refractivity contribution in [3.05, 3.63) is 71.9 Å². The van der Waals surface area contributed by atoms with E-state index in [1.165, 1.54) is 6.07 Å². The van der Waals surface area contributed by atoms with Gasteiger partial charge < -0.3 is 36.2 Å². The summed E-state index contributed by atoms with van der Waals surface area (Å²) in [4.78, 5) is 112. The van der Waals surface area contributed by atoms with Gasteiger partial charge in [0.2, 0.25) is 11.8 Å². The van der Waals surface area contributed by atoms with Crippen LogP contribution < -0.4 is 26.0 Å². The number of halogens is 2. The first-order chi connectivity index (χ1) is 30.4. The Kier molecular flexibility index (Phi) is 19.5. The van der Waals surface area contributed by atoms with Gasteiger partial charge in [0.05, 0.1) is 11.9 Å². The molecular formula is C46H60F2N6O11. The molecule has 0 aliphatic heterocycles. The second-order valence-electron chi connectivity index (χ2n) is 17.9. The van der Waals surface area contributed by atoms with Crippen molar-refractivity contribution in [1.82, 2.24) is 31.2 Å². The van der Waals surface area contributed by atoms with Crippen molar-refractivity contribution in [3.63, 3.8) is 0 Å². The molecule has 17 nitrogen and oxygen atoms in total. The van der Waals surface area contributed by atoms with Gasteiger partial charge in [-0.15, -0.1) is 0 Å². The molecule has 0 bridgehead atoms. The molecule has 1 aromatic heterocycles. The molecule has 3 rings (SSSR count). The van der Waals surface area contributed by atoms with Crippen LogP contribution >= 0.6 is 0 Å². The predicted octanol–water partition coefficient (Wildman–Crippen LogP) is 5.25. The van der Waals surface area contributed by atoms with Crippen LogP contribution in [-0.2, 0) is 28.8 Å². The fourth-order valence-corrected chi connectivity index (χ4v) is 7.00. The summed E-state index contributed by atoms with van der Waals surface area (Å²) in [6, 6.07) is 5.75. The molecule has 2 aromatic carbocycles. The minimum atomic E-state index is -1.84. The Hall–Kier alpha value is -6.53. The number of benzene rings is 2. The smallest absolute Gasteiger partial charge is 0.324 e. The Morgan fingerprint density at radius 2 is 1.35 bits per heavy atom. The Labute approximate surface area is 376 Å². The standard InChI is InChI=1S/C46H60F2N6O11/c1-25(2)38(52-41(60)32-17-16-28-12-9-10-15-31(28)49-32)43(62)50-33(18-19-36(56)57)42(61)53-39(26(3)4)44(63)54(21-20-27(5)23-46(6,7)8)45(64)51-34(22-37(58)59)35(55)24-65-40-29(47)13-11-14-30(40)48/h9-17,25-27,33-34,38-39H,18-24H2,1-8H3,(H,50,62)(H,51,64)(H,52,60)(H,53,61)(H,56,57)(H,58,59)/t27-,33+,34+,38+,39+/m1/s1. The number of Topliss-reactive ketones (excluding diaryl/α,β-unsaturated/α-hetero) is 1. The number of nitrogens with one attached hydrogen (secondary N) is 4. The third-order valence-corrected chi connectivity index (χ3v) is 10.2. The molecule has 354 valence electrons. The van der Waals surface area contributed by atoms with E-state index in [9.17, 15) is 57.4 Å². The van der Waals surface area contributed by atoms with Crippen LogP contribution in [0, 0.1) is 34.8 Å². The molecule has 0 aliphatic rings. The van der Waals surface area contributed by atoms with E-state index in [1.807, 2.05) is 39.8 Å². The van der Waals surface area contributed by atoms with Crippen molar-refractivity contribution in [1.29, 1.82) is 0 Å². The van der Waals surface area contributed by atoms with Crippen molar-refractivity contribution in [2.45, 2.75) is 112 Å². The van der Waals surface area contributed by atoms with Gasteiger partial charge in [0.1, 0.15) is 36.5 Å². The van der Waals surface area contributed by atoms with Crippen LogP contribution in [0.25, 0.3) is 10.9 Å². The molecule has 65 heavy (non-hydrogen) atoms. The number of fused-ring (bicyclic) bond motifs is 1. The first kappa shape index (κ1) is 52.8. The number of imide groups is 1. The van der Waals surface area contributed by atoms with E-state index < -0.39 is 127 Å². The highest BCUT2D eigenvalue weighted by Crippen LogP contribution is 2.26. The zero-order valence-corrected chi connectivity index (χ0v) is 37.9. The minimum absolute atomic E-state index is 0.0203. The van der Waals surface area contributed by atoms with Crippen LogP contribution in [0.4, 0.5) is 13.6 Å². The molecular weight excluding hydrogens is 851 g/mol. The number of aromatic nitrogens is 1. The molecule has 0 spiro atoms. The van der Waals surface area contributed by atoms with E-state index in [-0.39, 0.29) is 30.0 Å². The first-order valence-electron chi connectivity index (χ1n) is 21.3. The lowest BCUT2D eigenvalue weighted by Crippen LogP contribution is -2.60. The number of ketones is 1. The third-order valence-electron chi connectivity index (χ3n) is 10.2. The number of nitrogens with zero attached hydrogens (tertiary/aromatic N) is 2. The average molecular weight is 911 g/mol. The van der Waals surface area contributed by atoms with Crippen molar-refractivity contribution in [2.75, 3.05) is 13.2 Å². The number of carbonyl (C=O) groups excluding carboxylic acids is 6. The van der Waals surface area contributed by atoms with E-state index in [0.717, 1.165) is 28.5 Å². The number of carboxylic acid groups (broad SMARTS) is 2. The quantitative estimate of drug-likeness (QED) is 0.0714. The number of rotatable bonds is 23. The zero-order valence-electron chi connectivity index (χ0n) is 37.9. The minimum Gasteiger partial charge on any atom is -0.481 e. The summed E-state index contributed by atoms with van der Waals surface area (Å²) in [5, 5.41) is 29.9. The second kappa shape index (κ2) is 24.0. The van der Waals surface area contributed by atoms with Crippen LogP contribution in [0.15, 0.2) is 54.6 Å². The van der Waals surface area contributed by atoms with Crippen molar-refractivity contribution >= 4 is 58.3 Å². The van der Waals surface area contributed by atoms with Crippen LogP contribution in [0.2, 0.25) is 0 Å². The number of para-hydroxylation sites is 2. The summed E-state index contributed by atoms with van der Waals surface area (Å²) in [5.74, 6) is -12.0. The lowest BCUT2D eigenvalue weighted by Gasteiger charge is -2.32. The van der Waals surface area contributed by atoms with Crippen LogP contribution in [0.5, 0.6) is 5.75 Å². The Bertz CT molecular complexity index is 2190. The maximum atomic E-state index is 14.5. The molecule has 6 amide bonds. The summed E-state index contributed by atoms with van der Waals surface area (Å²) in [7, 11) is 0. The maximum Gasteiger partial charge on any atom is 0.324 e. The lowest BCUT2D eigenvalue weighted by molar-refractivity contribution is -0.140. The van der Waals surface area contributed by atoms with Crippen molar-refractivity contribution in [2.24, 2.45) is 23.2 Å². The van der Waals surface area contributed by atoms with Gasteiger partial charge in [0, 0.05) is 18.4 Å². The number of hydrogen-bond donors (Lipinski definition) is 6. The number of carbonyl (C=O) groups is 8. The number of ether oxygens (including phenoxy) is 1. The number of carboxylic acids is 2. The molecule has 0 radical (unpaired) electrons. The zero-order chi connectivity index (χ0) is 48.8. The van der Waals surface area contributed by atoms with E-state index in [2.05, 4.69) is 26.3 Å². The number of urea groups is 1. The summed E-state index contributed by atoms with van der Waals surface area (Å²) in [6.45, 7) is 13.0. The highest BCUT2D eigenvalue weighted by atomic mass is 19.1. The van der Waals surface area contributed by atoms with Gasteiger partial charge in [-0.2, -0.15) is 0 Å². The first-order valence-corrected chi connectivity index (χ1v) is 21.3. The number of amides is 6. The molecule has 0 saturated carbocycles. The Balaban J connectivity index is 1.90. The van der Waals surface area contributed by atoms with Gasteiger partial charge in [-0.05, 0) is 66.7 Å². The topological polar surface area (TPSA) is 250 Å². The molecule has 0 saturated heterocycles. The predicted molar refractivity (Wildman–Crippen MR) is 234 cm³/mol. The van der Waals surface area contributed by atoms with Gasteiger partial charge in [0.25, 0.3) is 11.8 Å². The average Bonchev–Trinajstić information content (AvgIpc) is 3.21. The van der Waals surface area contributed by atoms with E-state index in [0.29, 0.717) is 11.9 Å². The van der Waals surface area contributed by atoms with Gasteiger partial charge in [0.15, 0.2) is 23.2 Å². The van der Waals surface area contributed by atoms with E-state index in [4.69, 9.17) is 4.74 Å². The van der Waals surface area contributed by atoms with Crippen LogP contribution in [0.3, 0.4) is 0 Å². The summed E-state index contributed by atoms with van der Waals surface area (Å²) < 4.78 is 33.5. The van der Waals surface area contributed by atoms with Crippen molar-refractivity contribution in [3.8, 4) is 5.75 Å². The van der Waals surface area contributed by atoms with Gasteiger partial charge in [-0.3, -0.25) is 38.5 Å². The number of hydrogen-bond acceptors (Lipinski definition) is 10. The Morgan fingerprint density at radius 1 is 0.723 bits per heavy atom. The molecule has 6 N–H and O–H groups in total. The molecule has 0 fully saturated rings. The highest BCUT2D eigenvalue weighted by molar-refractivity contribution is 6.02. The summed E-state index contributed by atoms with van der Waals surface area (Å²) in [5.41, 5.74) is 0.410. The largest absolute Gasteiger partial charge is 0.481 e. The number of pyridine rings is 1. The van der Waals surface area contributed by atoms with Gasteiger partial charge in [-0.1, -0.05) is 85.7 Å². The van der Waals surface area contributed by atoms with Gasteiger partial charge in [-0.25, -0.2) is 18.6 Å². The van der Waals surface area contributed by atoms with E-state index in [1.54, 1.807) is 45.9 Å². The third kappa shape index (κ3) is 16.5. The lowest BCUT2D eigenvalue weighted by atomic mass is 9.84. The summed E-state index contributed by atoms with van der Waals surface area (Å²) >= 11 is 0. The highest BCUT2D eigenvalue weighted by Gasteiger charge is 2.37. The van der Waals surface area contributed by atoms with Crippen LogP contribution in [0.1, 0.15) is 98.0 Å². The van der Waals surface area contributed by atoms with Crippen molar-refractivity contribution < 1.29 is 62.1 Å². The monoisotopic (exact) mass is 910 g/mol. The molecule has 5 atom stereocenters. The molecule has 0 aliphatic carbocycles. The number of aliphatic carboxylic acids is 2. The molecule has 3 aromatic rings. The fraction of sp³-hybridized carbons (Fsp3) is 0.500. The van der Waals surface area contributed by atoms with E-state index >= 15 is 0 Å². The molecule has 1 heterocycles. The fourth-order valence-electron chi connectivity index (χ4n) is 7.00. The molecule has 0 unspecified atom stereocenters. The van der Waals surface area contributed by atoms with Gasteiger partial charge >= 0.3 is 18.0 Å². The maximum absolute atomic E-state index is 14.5. The van der Waals surface area contributed by atoms with Crippen LogP contribution in [-0.4, -0.2) is 105 Å². The second-order valence-corrected chi connectivity index (χ2v) is 17.9.